The fourth-order valence-corrected chi connectivity index (χ4v) is 2.58. The van der Waals surface area contributed by atoms with Gasteiger partial charge in [0.15, 0.2) is 5.82 Å². The average molecular weight is 265 g/mol. The van der Waals surface area contributed by atoms with Crippen molar-refractivity contribution >= 4 is 17.7 Å². The molecule has 0 atom stereocenters. The summed E-state index contributed by atoms with van der Waals surface area (Å²) in [6, 6.07) is 0. The summed E-state index contributed by atoms with van der Waals surface area (Å²) in [7, 11) is 1.79. The van der Waals surface area contributed by atoms with E-state index in [9.17, 15) is 14.7 Å². The zero-order chi connectivity index (χ0) is 13.9. The number of rotatable bonds is 3. The van der Waals surface area contributed by atoms with E-state index in [1.165, 1.54) is 0 Å². The fourth-order valence-electron chi connectivity index (χ4n) is 2.58. The van der Waals surface area contributed by atoms with E-state index in [1.807, 2.05) is 0 Å². The predicted molar refractivity (Wildman–Crippen MR) is 69.6 cm³/mol. The number of anilines is 1. The lowest BCUT2D eigenvalue weighted by molar-refractivity contribution is -0.155. The van der Waals surface area contributed by atoms with Crippen LogP contribution in [0.15, 0.2) is 12.5 Å². The summed E-state index contributed by atoms with van der Waals surface area (Å²) in [5, 5.41) is 12.1. The minimum absolute atomic E-state index is 0.400. The maximum Gasteiger partial charge on any atom is 0.319 e. The fraction of sp³-hybridized carbons (Fsp3) is 0.615. The molecule has 1 heterocycles. The molecule has 1 amide bonds. The van der Waals surface area contributed by atoms with Crippen LogP contribution in [0.5, 0.6) is 0 Å². The number of aliphatic carboxylic acids is 1. The number of imidazole rings is 1. The molecule has 0 spiro atoms. The summed E-state index contributed by atoms with van der Waals surface area (Å²) < 4.78 is 1.70. The summed E-state index contributed by atoms with van der Waals surface area (Å²) >= 11 is 0. The van der Waals surface area contributed by atoms with Crippen LogP contribution in [0.1, 0.15) is 38.5 Å². The molecule has 1 aromatic heterocycles. The Labute approximate surface area is 111 Å². The molecule has 1 aliphatic carbocycles. The Hall–Kier alpha value is -1.85. The Morgan fingerprint density at radius 3 is 2.42 bits per heavy atom. The van der Waals surface area contributed by atoms with Crippen LogP contribution < -0.4 is 5.32 Å². The van der Waals surface area contributed by atoms with Crippen LogP contribution in [0, 0.1) is 5.41 Å². The van der Waals surface area contributed by atoms with E-state index in [1.54, 1.807) is 24.1 Å². The maximum absolute atomic E-state index is 12.4. The molecule has 0 saturated heterocycles. The van der Waals surface area contributed by atoms with Crippen LogP contribution >= 0.6 is 0 Å². The van der Waals surface area contributed by atoms with Crippen LogP contribution in [-0.2, 0) is 16.6 Å². The summed E-state index contributed by atoms with van der Waals surface area (Å²) in [5.41, 5.74) is -1.30. The normalized spacial score (nSPS) is 18.6. The summed E-state index contributed by atoms with van der Waals surface area (Å²) in [4.78, 5) is 27.9. The third kappa shape index (κ3) is 2.77. The van der Waals surface area contributed by atoms with Crippen LogP contribution in [-0.4, -0.2) is 26.5 Å². The zero-order valence-corrected chi connectivity index (χ0v) is 11.1. The minimum Gasteiger partial charge on any atom is -0.480 e. The van der Waals surface area contributed by atoms with Crippen LogP contribution in [0.2, 0.25) is 0 Å². The molecule has 1 saturated carbocycles. The molecule has 0 bridgehead atoms. The first-order valence-corrected chi connectivity index (χ1v) is 6.57. The van der Waals surface area contributed by atoms with Gasteiger partial charge in [-0.3, -0.25) is 9.59 Å². The van der Waals surface area contributed by atoms with Gasteiger partial charge in [0.25, 0.3) is 0 Å². The Kier molecular flexibility index (Phi) is 3.87. The van der Waals surface area contributed by atoms with Gasteiger partial charge in [0.05, 0.1) is 6.33 Å². The lowest BCUT2D eigenvalue weighted by atomic mass is 9.79. The lowest BCUT2D eigenvalue weighted by Crippen LogP contribution is -2.42. The summed E-state index contributed by atoms with van der Waals surface area (Å²) in [5.74, 6) is -1.07. The Morgan fingerprint density at radius 2 is 1.95 bits per heavy atom. The molecule has 0 aromatic carbocycles. The second kappa shape index (κ2) is 5.42. The van der Waals surface area contributed by atoms with Crippen molar-refractivity contribution in [1.82, 2.24) is 9.55 Å². The van der Waals surface area contributed by atoms with E-state index in [4.69, 9.17) is 0 Å². The van der Waals surface area contributed by atoms with Crippen LogP contribution in [0.4, 0.5) is 5.82 Å². The number of carbonyl (C=O) groups is 2. The molecule has 6 nitrogen and oxygen atoms in total. The molecule has 1 fully saturated rings. The number of carboxylic acid groups (broad SMARTS) is 1. The number of aromatic nitrogens is 2. The molecule has 0 unspecified atom stereocenters. The van der Waals surface area contributed by atoms with Crippen molar-refractivity contribution in [1.29, 1.82) is 0 Å². The van der Waals surface area contributed by atoms with Crippen molar-refractivity contribution in [2.45, 2.75) is 38.5 Å². The van der Waals surface area contributed by atoms with Crippen molar-refractivity contribution in [3.8, 4) is 0 Å². The van der Waals surface area contributed by atoms with E-state index >= 15 is 0 Å². The van der Waals surface area contributed by atoms with Gasteiger partial charge < -0.3 is 15.0 Å². The van der Waals surface area contributed by atoms with Crippen LogP contribution in [0.3, 0.4) is 0 Å². The van der Waals surface area contributed by atoms with Gasteiger partial charge in [-0.1, -0.05) is 25.7 Å². The van der Waals surface area contributed by atoms with Gasteiger partial charge >= 0.3 is 5.97 Å². The van der Waals surface area contributed by atoms with Gasteiger partial charge in [-0.05, 0) is 12.8 Å². The molecular formula is C13H19N3O3. The third-order valence-corrected chi connectivity index (χ3v) is 3.75. The number of hydrogen-bond acceptors (Lipinski definition) is 3. The molecule has 0 aliphatic heterocycles. The van der Waals surface area contributed by atoms with E-state index in [0.29, 0.717) is 18.7 Å². The number of nitrogens with zero attached hydrogens (tertiary/aromatic N) is 2. The molecule has 2 N–H and O–H groups in total. The molecule has 1 aromatic rings. The SMILES string of the molecule is Cn1cnc(NC(=O)C2(C(=O)O)CCCCCC2)c1. The van der Waals surface area contributed by atoms with Gasteiger partial charge in [0.1, 0.15) is 5.41 Å². The smallest absolute Gasteiger partial charge is 0.319 e. The summed E-state index contributed by atoms with van der Waals surface area (Å²) in [6.45, 7) is 0. The van der Waals surface area contributed by atoms with E-state index < -0.39 is 17.3 Å². The largest absolute Gasteiger partial charge is 0.480 e. The van der Waals surface area contributed by atoms with Gasteiger partial charge in [0.2, 0.25) is 5.91 Å². The van der Waals surface area contributed by atoms with Crippen LogP contribution in [0.25, 0.3) is 0 Å². The third-order valence-electron chi connectivity index (χ3n) is 3.75. The molecular weight excluding hydrogens is 246 g/mol. The molecule has 2 rings (SSSR count). The second-order valence-corrected chi connectivity index (χ2v) is 5.18. The number of nitrogens with one attached hydrogen (secondary N) is 1. The van der Waals surface area contributed by atoms with E-state index in [2.05, 4.69) is 10.3 Å². The number of aryl methyl sites for hydroxylation is 1. The Morgan fingerprint density at radius 1 is 1.32 bits per heavy atom. The highest BCUT2D eigenvalue weighted by molar-refractivity contribution is 6.08. The van der Waals surface area contributed by atoms with Gasteiger partial charge in [-0.2, -0.15) is 0 Å². The van der Waals surface area contributed by atoms with E-state index in [0.717, 1.165) is 25.7 Å². The highest BCUT2D eigenvalue weighted by Crippen LogP contribution is 2.36. The van der Waals surface area contributed by atoms with Crippen molar-refractivity contribution < 1.29 is 14.7 Å². The number of amides is 1. The molecule has 1 aliphatic rings. The molecule has 6 heteroatoms. The van der Waals surface area contributed by atoms with Crippen molar-refractivity contribution in [2.75, 3.05) is 5.32 Å². The zero-order valence-electron chi connectivity index (χ0n) is 11.1. The first-order chi connectivity index (χ1) is 9.04. The standard InChI is InChI=1S/C13H19N3O3/c1-16-8-10(14-9-16)15-11(17)13(12(18)19)6-4-2-3-5-7-13/h8-9H,2-7H2,1H3,(H,15,17)(H,18,19). The Balaban J connectivity index is 2.18. The van der Waals surface area contributed by atoms with E-state index in [-0.39, 0.29) is 0 Å². The predicted octanol–water partition coefficient (Wildman–Crippen LogP) is 1.78. The molecule has 104 valence electrons. The van der Waals surface area contributed by atoms with Gasteiger partial charge in [-0.25, -0.2) is 4.98 Å². The van der Waals surface area contributed by atoms with Crippen molar-refractivity contribution in [3.05, 3.63) is 12.5 Å². The highest BCUT2D eigenvalue weighted by atomic mass is 16.4. The van der Waals surface area contributed by atoms with Gasteiger partial charge in [-0.15, -0.1) is 0 Å². The summed E-state index contributed by atoms with van der Waals surface area (Å²) in [6.07, 6.45) is 7.57. The number of carboxylic acids is 1. The quantitative estimate of drug-likeness (QED) is 0.644. The number of carbonyl (C=O) groups excluding carboxylic acids is 1. The highest BCUT2D eigenvalue weighted by Gasteiger charge is 2.46. The molecule has 0 radical (unpaired) electrons. The first-order valence-electron chi connectivity index (χ1n) is 6.57. The average Bonchev–Trinajstić information content (AvgIpc) is 2.65. The van der Waals surface area contributed by atoms with Gasteiger partial charge in [0, 0.05) is 13.2 Å². The van der Waals surface area contributed by atoms with Crippen molar-refractivity contribution in [2.24, 2.45) is 12.5 Å². The minimum atomic E-state index is -1.30. The monoisotopic (exact) mass is 265 g/mol. The van der Waals surface area contributed by atoms with Crippen molar-refractivity contribution in [3.63, 3.8) is 0 Å². The number of hydrogen-bond donors (Lipinski definition) is 2. The lowest BCUT2D eigenvalue weighted by Gasteiger charge is -2.26. The topological polar surface area (TPSA) is 84.2 Å². The Bertz CT molecular complexity index is 473. The molecule has 19 heavy (non-hydrogen) atoms. The second-order valence-electron chi connectivity index (χ2n) is 5.18. The maximum atomic E-state index is 12.4. The first kappa shape index (κ1) is 13.6.